The van der Waals surface area contributed by atoms with E-state index in [4.69, 9.17) is 0 Å². The molecule has 66 valence electrons. The lowest BCUT2D eigenvalue weighted by Crippen LogP contribution is -1.96. The first kappa shape index (κ1) is 7.27. The standard InChI is InChI=1S/C11H11NS/c1-2-6-11-10(5-1)9-13(12-11)7-3-4-8-13/h1-8,12H,9H2. The van der Waals surface area contributed by atoms with Gasteiger partial charge in [0, 0.05) is 11.4 Å². The Morgan fingerprint density at radius 1 is 1.08 bits per heavy atom. The van der Waals surface area contributed by atoms with Gasteiger partial charge in [0.05, 0.1) is 0 Å². The molecule has 0 saturated heterocycles. The fourth-order valence-corrected chi connectivity index (χ4v) is 4.43. The van der Waals surface area contributed by atoms with Crippen LogP contribution in [-0.4, -0.2) is 0 Å². The van der Waals surface area contributed by atoms with Crippen molar-refractivity contribution in [2.24, 2.45) is 0 Å². The zero-order chi connectivity index (χ0) is 8.73. The lowest BCUT2D eigenvalue weighted by molar-refractivity contribution is 1.46. The molecule has 0 aliphatic carbocycles. The number of hydrogen-bond acceptors (Lipinski definition) is 1. The number of nitrogens with one attached hydrogen (secondary N) is 1. The molecular formula is C11H11NS. The summed E-state index contributed by atoms with van der Waals surface area (Å²) >= 11 is 0. The first-order chi connectivity index (χ1) is 6.38. The molecule has 1 aromatic rings. The van der Waals surface area contributed by atoms with Gasteiger partial charge in [0.25, 0.3) is 0 Å². The minimum atomic E-state index is -0.796. The van der Waals surface area contributed by atoms with Crippen LogP contribution in [0.2, 0.25) is 0 Å². The Balaban J connectivity index is 2.06. The number of rotatable bonds is 0. The quantitative estimate of drug-likeness (QED) is 0.659. The summed E-state index contributed by atoms with van der Waals surface area (Å²) in [6, 6.07) is 8.58. The number of anilines is 1. The Bertz CT molecular complexity index is 367. The summed E-state index contributed by atoms with van der Waals surface area (Å²) in [4.78, 5) is 0. The second-order valence-electron chi connectivity index (χ2n) is 3.41. The van der Waals surface area contributed by atoms with Gasteiger partial charge in [-0.2, -0.15) is 0 Å². The largest absolute Gasteiger partial charge is 0.340 e. The van der Waals surface area contributed by atoms with Crippen molar-refractivity contribution in [2.75, 3.05) is 4.72 Å². The van der Waals surface area contributed by atoms with Gasteiger partial charge >= 0.3 is 0 Å². The van der Waals surface area contributed by atoms with Crippen LogP contribution in [0.3, 0.4) is 0 Å². The molecule has 0 atom stereocenters. The highest BCUT2D eigenvalue weighted by Crippen LogP contribution is 2.61. The molecule has 1 nitrogen and oxygen atoms in total. The SMILES string of the molecule is C1=CS2(C=C1)Cc1ccccc1N2. The van der Waals surface area contributed by atoms with E-state index < -0.39 is 10.2 Å². The molecule has 0 bridgehead atoms. The van der Waals surface area contributed by atoms with Crippen LogP contribution in [0.5, 0.6) is 0 Å². The predicted octanol–water partition coefficient (Wildman–Crippen LogP) is 3.37. The zero-order valence-corrected chi connectivity index (χ0v) is 8.05. The third-order valence-corrected chi connectivity index (χ3v) is 5.14. The molecule has 2 aliphatic rings. The molecular weight excluding hydrogens is 178 g/mol. The van der Waals surface area contributed by atoms with Crippen LogP contribution in [0.15, 0.2) is 47.2 Å². The third-order valence-electron chi connectivity index (χ3n) is 2.47. The second-order valence-corrected chi connectivity index (χ2v) is 6.15. The summed E-state index contributed by atoms with van der Waals surface area (Å²) in [6.07, 6.45) is 4.29. The van der Waals surface area contributed by atoms with Crippen LogP contribution in [0, 0.1) is 0 Å². The zero-order valence-electron chi connectivity index (χ0n) is 7.23. The van der Waals surface area contributed by atoms with E-state index in [1.54, 1.807) is 0 Å². The van der Waals surface area contributed by atoms with Crippen molar-refractivity contribution in [1.29, 1.82) is 0 Å². The normalized spacial score (nSPS) is 23.1. The molecule has 0 saturated carbocycles. The summed E-state index contributed by atoms with van der Waals surface area (Å²) < 4.78 is 3.62. The summed E-state index contributed by atoms with van der Waals surface area (Å²) in [5.74, 6) is 1.16. The van der Waals surface area contributed by atoms with Gasteiger partial charge in [-0.25, -0.2) is 0 Å². The molecule has 1 N–H and O–H groups in total. The maximum atomic E-state index is 3.62. The van der Waals surface area contributed by atoms with Crippen molar-refractivity contribution in [1.82, 2.24) is 0 Å². The number of allylic oxidation sites excluding steroid dienone is 2. The van der Waals surface area contributed by atoms with E-state index >= 15 is 0 Å². The van der Waals surface area contributed by atoms with Crippen molar-refractivity contribution in [3.63, 3.8) is 0 Å². The van der Waals surface area contributed by atoms with Crippen molar-refractivity contribution < 1.29 is 0 Å². The molecule has 0 radical (unpaired) electrons. The van der Waals surface area contributed by atoms with Gasteiger partial charge in [0.1, 0.15) is 0 Å². The predicted molar refractivity (Wildman–Crippen MR) is 59.6 cm³/mol. The highest BCUT2D eigenvalue weighted by Gasteiger charge is 2.28. The summed E-state index contributed by atoms with van der Waals surface area (Å²) in [5.41, 5.74) is 2.77. The van der Waals surface area contributed by atoms with Gasteiger partial charge in [-0.05, 0) is 22.4 Å². The maximum Gasteiger partial charge on any atom is 0.0473 e. The maximum absolute atomic E-state index is 3.62. The van der Waals surface area contributed by atoms with E-state index in [9.17, 15) is 0 Å². The Kier molecular flexibility index (Phi) is 1.35. The Labute approximate surface area is 79.6 Å². The molecule has 3 rings (SSSR count). The van der Waals surface area contributed by atoms with Gasteiger partial charge in [-0.1, -0.05) is 30.4 Å². The van der Waals surface area contributed by atoms with E-state index in [0.29, 0.717) is 0 Å². The topological polar surface area (TPSA) is 12.0 Å². The van der Waals surface area contributed by atoms with Gasteiger partial charge in [-0.3, -0.25) is 0 Å². The molecule has 2 heteroatoms. The van der Waals surface area contributed by atoms with E-state index in [1.165, 1.54) is 11.3 Å². The molecule has 1 spiro atoms. The highest BCUT2D eigenvalue weighted by molar-refractivity contribution is 8.39. The Morgan fingerprint density at radius 3 is 2.62 bits per heavy atom. The average Bonchev–Trinajstić information content (AvgIpc) is 2.72. The molecule has 0 aromatic heterocycles. The molecule has 2 aliphatic heterocycles. The molecule has 0 fully saturated rings. The van der Waals surface area contributed by atoms with Gasteiger partial charge in [-0.15, -0.1) is 10.2 Å². The van der Waals surface area contributed by atoms with Crippen molar-refractivity contribution >= 4 is 15.9 Å². The van der Waals surface area contributed by atoms with E-state index in [1.807, 2.05) is 0 Å². The number of para-hydroxylation sites is 1. The van der Waals surface area contributed by atoms with Crippen LogP contribution in [0.4, 0.5) is 5.69 Å². The third kappa shape index (κ3) is 1.02. The molecule has 0 unspecified atom stereocenters. The second kappa shape index (κ2) is 2.42. The molecule has 2 heterocycles. The smallest absolute Gasteiger partial charge is 0.0473 e. The number of benzene rings is 1. The summed E-state index contributed by atoms with van der Waals surface area (Å²) in [7, 11) is -0.796. The van der Waals surface area contributed by atoms with Crippen molar-refractivity contribution in [3.05, 3.63) is 52.8 Å². The molecule has 1 aromatic carbocycles. The van der Waals surface area contributed by atoms with Crippen LogP contribution in [0.25, 0.3) is 0 Å². The monoisotopic (exact) mass is 189 g/mol. The fourth-order valence-electron chi connectivity index (χ4n) is 1.82. The minimum absolute atomic E-state index is 0.796. The molecule has 13 heavy (non-hydrogen) atoms. The number of fused-ring (bicyclic) bond motifs is 1. The minimum Gasteiger partial charge on any atom is -0.340 e. The average molecular weight is 189 g/mol. The van der Waals surface area contributed by atoms with Crippen molar-refractivity contribution in [2.45, 2.75) is 5.75 Å². The Morgan fingerprint density at radius 2 is 1.85 bits per heavy atom. The number of hydrogen-bond donors (Lipinski definition) is 1. The van der Waals surface area contributed by atoms with E-state index in [2.05, 4.69) is 52.0 Å². The lowest BCUT2D eigenvalue weighted by Gasteiger charge is -2.26. The first-order valence-corrected chi connectivity index (χ1v) is 6.32. The van der Waals surface area contributed by atoms with E-state index in [0.717, 1.165) is 5.75 Å². The summed E-state index contributed by atoms with van der Waals surface area (Å²) in [6.45, 7) is 0. The van der Waals surface area contributed by atoms with E-state index in [-0.39, 0.29) is 0 Å². The summed E-state index contributed by atoms with van der Waals surface area (Å²) in [5, 5.41) is 4.62. The van der Waals surface area contributed by atoms with Gasteiger partial charge in [0.15, 0.2) is 0 Å². The first-order valence-electron chi connectivity index (χ1n) is 4.40. The van der Waals surface area contributed by atoms with Crippen LogP contribution < -0.4 is 4.72 Å². The van der Waals surface area contributed by atoms with Crippen LogP contribution >= 0.6 is 10.2 Å². The lowest BCUT2D eigenvalue weighted by atomic mass is 10.2. The Hall–Kier alpha value is -1.15. The van der Waals surface area contributed by atoms with Gasteiger partial charge in [0.2, 0.25) is 0 Å². The van der Waals surface area contributed by atoms with Gasteiger partial charge < -0.3 is 4.72 Å². The van der Waals surface area contributed by atoms with Crippen LogP contribution in [-0.2, 0) is 5.75 Å². The fraction of sp³-hybridized carbons (Fsp3) is 0.0909. The van der Waals surface area contributed by atoms with Crippen LogP contribution in [0.1, 0.15) is 5.56 Å². The highest BCUT2D eigenvalue weighted by atomic mass is 32.3. The van der Waals surface area contributed by atoms with Crippen molar-refractivity contribution in [3.8, 4) is 0 Å². The molecule has 0 amide bonds.